The van der Waals surface area contributed by atoms with Gasteiger partial charge in [0, 0.05) is 12.6 Å². The van der Waals surface area contributed by atoms with Crippen molar-refractivity contribution in [1.29, 1.82) is 0 Å². The van der Waals surface area contributed by atoms with Crippen molar-refractivity contribution < 1.29 is 9.53 Å². The van der Waals surface area contributed by atoms with Gasteiger partial charge in [-0.05, 0) is 33.6 Å². The molecule has 0 saturated heterocycles. The summed E-state index contributed by atoms with van der Waals surface area (Å²) < 4.78 is 5.44. The zero-order chi connectivity index (χ0) is 15.3. The van der Waals surface area contributed by atoms with Crippen LogP contribution in [0.4, 0.5) is 4.79 Å². The summed E-state index contributed by atoms with van der Waals surface area (Å²) in [6.45, 7) is 7.54. The van der Waals surface area contributed by atoms with Gasteiger partial charge in [0.15, 0.2) is 0 Å². The van der Waals surface area contributed by atoms with Crippen LogP contribution in [-0.4, -0.2) is 48.1 Å². The first-order valence-corrected chi connectivity index (χ1v) is 8.22. The van der Waals surface area contributed by atoms with Crippen molar-refractivity contribution in [3.63, 3.8) is 0 Å². The van der Waals surface area contributed by atoms with Gasteiger partial charge in [0.1, 0.15) is 11.4 Å². The molecule has 0 spiro atoms. The lowest BCUT2D eigenvalue weighted by Crippen LogP contribution is -2.49. The smallest absolute Gasteiger partial charge is 0.410 e. The van der Waals surface area contributed by atoms with Crippen molar-refractivity contribution in [2.75, 3.05) is 19.6 Å². The van der Waals surface area contributed by atoms with Crippen molar-refractivity contribution >= 4 is 11.9 Å². The number of hydrogen-bond acceptors (Lipinski definition) is 4. The molecule has 5 heteroatoms. The number of rotatable bonds is 1. The topological polar surface area (TPSA) is 53.9 Å². The molecule has 1 aliphatic carbocycles. The van der Waals surface area contributed by atoms with Crippen LogP contribution in [0.5, 0.6) is 0 Å². The largest absolute Gasteiger partial charge is 0.444 e. The lowest BCUT2D eigenvalue weighted by Gasteiger charge is -2.31. The van der Waals surface area contributed by atoms with Crippen LogP contribution in [0.3, 0.4) is 0 Å². The lowest BCUT2D eigenvalue weighted by atomic mass is 10.1. The van der Waals surface area contributed by atoms with Gasteiger partial charge in [-0.25, -0.2) is 4.79 Å². The first kappa shape index (κ1) is 16.1. The van der Waals surface area contributed by atoms with Gasteiger partial charge < -0.3 is 10.1 Å². The van der Waals surface area contributed by atoms with Gasteiger partial charge in [-0.3, -0.25) is 9.89 Å². The van der Waals surface area contributed by atoms with Gasteiger partial charge >= 0.3 is 6.09 Å². The number of amidine groups is 1. The van der Waals surface area contributed by atoms with E-state index in [1.807, 2.05) is 20.8 Å². The molecule has 0 aromatic carbocycles. The van der Waals surface area contributed by atoms with Crippen molar-refractivity contribution in [3.8, 4) is 0 Å². The molecule has 0 unspecified atom stereocenters. The zero-order valence-electron chi connectivity index (χ0n) is 13.7. The van der Waals surface area contributed by atoms with Crippen molar-refractivity contribution in [1.82, 2.24) is 10.2 Å². The molecular weight excluding hydrogens is 266 g/mol. The Morgan fingerprint density at radius 2 is 1.90 bits per heavy atom. The fourth-order valence-electron chi connectivity index (χ4n) is 2.85. The number of nitrogens with one attached hydrogen (secondary N) is 1. The van der Waals surface area contributed by atoms with Crippen LogP contribution in [0, 0.1) is 0 Å². The Morgan fingerprint density at radius 3 is 2.52 bits per heavy atom. The van der Waals surface area contributed by atoms with Crippen molar-refractivity contribution in [3.05, 3.63) is 0 Å². The lowest BCUT2D eigenvalue weighted by molar-refractivity contribution is 0.0276. The van der Waals surface area contributed by atoms with Gasteiger partial charge in [0.25, 0.3) is 0 Å². The van der Waals surface area contributed by atoms with E-state index >= 15 is 0 Å². The summed E-state index contributed by atoms with van der Waals surface area (Å²) >= 11 is 0. The zero-order valence-corrected chi connectivity index (χ0v) is 13.7. The molecule has 120 valence electrons. The molecule has 0 aromatic rings. The highest BCUT2D eigenvalue weighted by molar-refractivity contribution is 5.88. The second-order valence-electron chi connectivity index (χ2n) is 7.06. The molecule has 1 heterocycles. The molecule has 1 aliphatic heterocycles. The monoisotopic (exact) mass is 295 g/mol. The number of hydrogen-bond donors (Lipinski definition) is 1. The van der Waals surface area contributed by atoms with Crippen LogP contribution < -0.4 is 5.32 Å². The summed E-state index contributed by atoms with van der Waals surface area (Å²) in [6, 6.07) is 0.518. The Labute approximate surface area is 128 Å². The summed E-state index contributed by atoms with van der Waals surface area (Å²) in [6.07, 6.45) is 7.46. The molecule has 1 saturated carbocycles. The summed E-state index contributed by atoms with van der Waals surface area (Å²) in [4.78, 5) is 18.4. The van der Waals surface area contributed by atoms with Crippen LogP contribution in [0.15, 0.2) is 4.99 Å². The molecule has 2 aliphatic rings. The minimum Gasteiger partial charge on any atom is -0.444 e. The normalized spacial score (nSPS) is 21.5. The van der Waals surface area contributed by atoms with E-state index < -0.39 is 5.60 Å². The predicted octanol–water partition coefficient (Wildman–Crippen LogP) is 2.95. The molecular formula is C16H29N3O2. The van der Waals surface area contributed by atoms with E-state index in [4.69, 9.17) is 4.74 Å². The molecule has 1 N–H and O–H groups in total. The quantitative estimate of drug-likeness (QED) is 0.757. The summed E-state index contributed by atoms with van der Waals surface area (Å²) in [5.41, 5.74) is -0.444. The number of ether oxygens (including phenoxy) is 1. The summed E-state index contributed by atoms with van der Waals surface area (Å²) in [5.74, 6) is 0.944. The standard InChI is InChI=1S/C16H29N3O2/c1-16(2,3)21-15(20)19-11-10-17-14(12-19)18-13-8-6-4-5-7-9-13/h13H,4-12H2,1-3H3,(H,17,18). The van der Waals surface area contributed by atoms with Gasteiger partial charge in [-0.1, -0.05) is 25.7 Å². The fraction of sp³-hybridized carbons (Fsp3) is 0.875. The third-order valence-electron chi connectivity index (χ3n) is 3.89. The molecule has 0 aromatic heterocycles. The van der Waals surface area contributed by atoms with Gasteiger partial charge in [0.05, 0.1) is 13.1 Å². The first-order chi connectivity index (χ1) is 9.94. The van der Waals surface area contributed by atoms with Crippen LogP contribution >= 0.6 is 0 Å². The molecule has 1 fully saturated rings. The molecule has 1 amide bonds. The molecule has 0 atom stereocenters. The third kappa shape index (κ3) is 5.56. The van der Waals surface area contributed by atoms with E-state index in [1.165, 1.54) is 38.5 Å². The highest BCUT2D eigenvalue weighted by Crippen LogP contribution is 2.18. The van der Waals surface area contributed by atoms with E-state index in [1.54, 1.807) is 4.90 Å². The van der Waals surface area contributed by atoms with Gasteiger partial charge in [-0.15, -0.1) is 0 Å². The number of nitrogens with zero attached hydrogens (tertiary/aromatic N) is 2. The number of aliphatic imine (C=N–C) groups is 1. The Balaban J connectivity index is 1.85. The van der Waals surface area contributed by atoms with E-state index in [0.717, 1.165) is 5.84 Å². The molecule has 5 nitrogen and oxygen atoms in total. The highest BCUT2D eigenvalue weighted by Gasteiger charge is 2.25. The maximum Gasteiger partial charge on any atom is 0.410 e. The second kappa shape index (κ2) is 7.14. The van der Waals surface area contributed by atoms with Gasteiger partial charge in [-0.2, -0.15) is 0 Å². The van der Waals surface area contributed by atoms with Gasteiger partial charge in [0.2, 0.25) is 0 Å². The molecule has 0 bridgehead atoms. The third-order valence-corrected chi connectivity index (χ3v) is 3.89. The molecule has 0 radical (unpaired) electrons. The Bertz CT molecular complexity index is 379. The van der Waals surface area contributed by atoms with E-state index in [2.05, 4.69) is 10.3 Å². The average molecular weight is 295 g/mol. The minimum atomic E-state index is -0.444. The van der Waals surface area contributed by atoms with E-state index in [0.29, 0.717) is 25.7 Å². The molecule has 21 heavy (non-hydrogen) atoms. The highest BCUT2D eigenvalue weighted by atomic mass is 16.6. The average Bonchev–Trinajstić information content (AvgIpc) is 2.66. The Hall–Kier alpha value is -1.26. The first-order valence-electron chi connectivity index (χ1n) is 8.22. The predicted molar refractivity (Wildman–Crippen MR) is 84.7 cm³/mol. The van der Waals surface area contributed by atoms with E-state index in [-0.39, 0.29) is 6.09 Å². The van der Waals surface area contributed by atoms with E-state index in [9.17, 15) is 4.79 Å². The summed E-state index contributed by atoms with van der Waals surface area (Å²) in [5, 5.41) is 3.55. The Kier molecular flexibility index (Phi) is 5.48. The van der Waals surface area contributed by atoms with Crippen LogP contribution in [0.2, 0.25) is 0 Å². The van der Waals surface area contributed by atoms with Crippen LogP contribution in [0.1, 0.15) is 59.3 Å². The number of amides is 1. The van der Waals surface area contributed by atoms with Crippen molar-refractivity contribution in [2.24, 2.45) is 4.99 Å². The Morgan fingerprint density at radius 1 is 1.24 bits per heavy atom. The minimum absolute atomic E-state index is 0.238. The fourth-order valence-corrected chi connectivity index (χ4v) is 2.85. The number of carbonyl (C=O) groups excluding carboxylic acids is 1. The number of carbonyl (C=O) groups is 1. The van der Waals surface area contributed by atoms with Crippen molar-refractivity contribution in [2.45, 2.75) is 70.9 Å². The SMILES string of the molecule is CC(C)(C)OC(=O)N1CCN=C(NC2CCCCCC2)C1. The maximum atomic E-state index is 12.1. The van der Waals surface area contributed by atoms with Crippen LogP contribution in [-0.2, 0) is 4.74 Å². The molecule has 2 rings (SSSR count). The second-order valence-corrected chi connectivity index (χ2v) is 7.06. The summed E-state index contributed by atoms with van der Waals surface area (Å²) in [7, 11) is 0. The van der Waals surface area contributed by atoms with Crippen LogP contribution in [0.25, 0.3) is 0 Å². The maximum absolute atomic E-state index is 12.1.